The van der Waals surface area contributed by atoms with Crippen molar-refractivity contribution in [3.8, 4) is 0 Å². The Labute approximate surface area is 170 Å². The lowest BCUT2D eigenvalue weighted by molar-refractivity contribution is -0.148. The molecule has 0 aliphatic rings. The van der Waals surface area contributed by atoms with E-state index in [9.17, 15) is 19.8 Å². The summed E-state index contributed by atoms with van der Waals surface area (Å²) >= 11 is 0. The predicted octanol–water partition coefficient (Wildman–Crippen LogP) is 6.03. The van der Waals surface area contributed by atoms with Gasteiger partial charge in [0.15, 0.2) is 0 Å². The van der Waals surface area contributed by atoms with Crippen molar-refractivity contribution in [1.29, 1.82) is 0 Å². The molecule has 2 N–H and O–H groups in total. The molecule has 0 aromatic heterocycles. The number of aryl methyl sites for hydroxylation is 2. The van der Waals surface area contributed by atoms with E-state index >= 15 is 0 Å². The number of carboxylic acid groups (broad SMARTS) is 2. The number of carboxylic acids is 2. The van der Waals surface area contributed by atoms with Crippen LogP contribution in [0.3, 0.4) is 0 Å². The van der Waals surface area contributed by atoms with Crippen LogP contribution in [0.1, 0.15) is 89.3 Å². The first kappa shape index (κ1) is 24.2. The fourth-order valence-corrected chi connectivity index (χ4v) is 3.43. The van der Waals surface area contributed by atoms with Crippen molar-refractivity contribution in [2.45, 2.75) is 92.4 Å². The molecular weight excluding hydrogens is 352 g/mol. The topological polar surface area (TPSA) is 74.6 Å². The molecule has 0 aliphatic carbocycles. The molecule has 28 heavy (non-hydrogen) atoms. The lowest BCUT2D eigenvalue weighted by Crippen LogP contribution is -2.23. The second kappa shape index (κ2) is 10.6. The number of aliphatic carboxylic acids is 2. The van der Waals surface area contributed by atoms with Crippen LogP contribution in [-0.4, -0.2) is 22.2 Å². The number of hydrogen-bond acceptors (Lipinski definition) is 2. The summed E-state index contributed by atoms with van der Waals surface area (Å²) in [5, 5.41) is 18.4. The van der Waals surface area contributed by atoms with Gasteiger partial charge in [-0.1, -0.05) is 37.5 Å². The van der Waals surface area contributed by atoms with Crippen molar-refractivity contribution in [3.63, 3.8) is 0 Å². The van der Waals surface area contributed by atoms with Crippen molar-refractivity contribution < 1.29 is 19.8 Å². The van der Waals surface area contributed by atoms with E-state index in [-0.39, 0.29) is 0 Å². The van der Waals surface area contributed by atoms with E-state index in [0.717, 1.165) is 44.9 Å². The van der Waals surface area contributed by atoms with Crippen LogP contribution in [0, 0.1) is 17.8 Å². The van der Waals surface area contributed by atoms with Crippen LogP contribution in [-0.2, 0) is 22.4 Å². The van der Waals surface area contributed by atoms with Gasteiger partial charge in [0.25, 0.3) is 0 Å². The first-order chi connectivity index (χ1) is 13.0. The number of hydrogen-bond donors (Lipinski definition) is 2. The van der Waals surface area contributed by atoms with Crippen molar-refractivity contribution in [2.75, 3.05) is 0 Å². The van der Waals surface area contributed by atoms with E-state index < -0.39 is 22.8 Å². The monoisotopic (exact) mass is 390 g/mol. The molecule has 0 saturated heterocycles. The molecule has 0 bridgehead atoms. The number of rotatable bonds is 13. The van der Waals surface area contributed by atoms with E-state index in [1.165, 1.54) is 16.7 Å². The quantitative estimate of drug-likeness (QED) is 0.403. The van der Waals surface area contributed by atoms with Crippen molar-refractivity contribution >= 4 is 11.9 Å². The molecule has 0 spiro atoms. The third-order valence-electron chi connectivity index (χ3n) is 5.96. The van der Waals surface area contributed by atoms with Gasteiger partial charge in [0, 0.05) is 0 Å². The summed E-state index contributed by atoms with van der Waals surface area (Å²) in [6.45, 7) is 9.35. The van der Waals surface area contributed by atoms with Gasteiger partial charge in [-0.2, -0.15) is 0 Å². The number of carbonyl (C=O) groups is 2. The molecule has 4 nitrogen and oxygen atoms in total. The fraction of sp³-hybridized carbons (Fsp3) is 0.667. The first-order valence-electron chi connectivity index (χ1n) is 10.5. The zero-order chi connectivity index (χ0) is 21.4. The highest BCUT2D eigenvalue weighted by Gasteiger charge is 2.26. The smallest absolute Gasteiger partial charge is 0.309 e. The predicted molar refractivity (Wildman–Crippen MR) is 114 cm³/mol. The highest BCUT2D eigenvalue weighted by molar-refractivity contribution is 5.73. The molecule has 0 amide bonds. The average molecular weight is 391 g/mol. The Morgan fingerprint density at radius 3 is 1.57 bits per heavy atom. The summed E-state index contributed by atoms with van der Waals surface area (Å²) in [5.41, 5.74) is 2.81. The van der Waals surface area contributed by atoms with Gasteiger partial charge in [-0.05, 0) is 89.8 Å². The maximum atomic E-state index is 11.2. The molecule has 0 radical (unpaired) electrons. The third-order valence-corrected chi connectivity index (χ3v) is 5.96. The minimum Gasteiger partial charge on any atom is -0.481 e. The molecule has 0 unspecified atom stereocenters. The number of unbranched alkanes of at least 4 members (excludes halogenated alkanes) is 3. The minimum absolute atomic E-state index is 0.634. The molecule has 0 atom stereocenters. The van der Waals surface area contributed by atoms with E-state index in [0.29, 0.717) is 12.8 Å². The SMILES string of the molecule is Cc1c(CCCCCC(C)(C)C(=O)O)cccc1CCCCC(C)(C)C(=O)O. The van der Waals surface area contributed by atoms with E-state index in [2.05, 4.69) is 25.1 Å². The molecule has 0 heterocycles. The number of benzene rings is 1. The highest BCUT2D eigenvalue weighted by Crippen LogP contribution is 2.26. The summed E-state index contributed by atoms with van der Waals surface area (Å²) in [6.07, 6.45) is 8.42. The molecule has 4 heteroatoms. The van der Waals surface area contributed by atoms with Gasteiger partial charge in [-0.3, -0.25) is 9.59 Å². The van der Waals surface area contributed by atoms with Gasteiger partial charge in [0.1, 0.15) is 0 Å². The van der Waals surface area contributed by atoms with Crippen LogP contribution in [0.25, 0.3) is 0 Å². The Morgan fingerprint density at radius 1 is 0.750 bits per heavy atom. The Bertz CT molecular complexity index is 659. The second-order valence-corrected chi connectivity index (χ2v) is 9.35. The minimum atomic E-state index is -0.725. The fourth-order valence-electron chi connectivity index (χ4n) is 3.43. The van der Waals surface area contributed by atoms with Crippen molar-refractivity contribution in [2.24, 2.45) is 10.8 Å². The molecule has 1 aromatic rings. The van der Waals surface area contributed by atoms with Crippen LogP contribution in [0.4, 0.5) is 0 Å². The summed E-state index contributed by atoms with van der Waals surface area (Å²) in [6, 6.07) is 6.48. The lowest BCUT2D eigenvalue weighted by Gasteiger charge is -2.19. The van der Waals surface area contributed by atoms with Gasteiger partial charge in [-0.15, -0.1) is 0 Å². The van der Waals surface area contributed by atoms with Crippen molar-refractivity contribution in [1.82, 2.24) is 0 Å². The normalized spacial score (nSPS) is 12.2. The zero-order valence-electron chi connectivity index (χ0n) is 18.3. The van der Waals surface area contributed by atoms with Gasteiger partial charge < -0.3 is 10.2 Å². The maximum absolute atomic E-state index is 11.2. The molecule has 0 fully saturated rings. The van der Waals surface area contributed by atoms with Crippen LogP contribution in [0.2, 0.25) is 0 Å². The third kappa shape index (κ3) is 7.65. The van der Waals surface area contributed by atoms with Crippen LogP contribution >= 0.6 is 0 Å². The van der Waals surface area contributed by atoms with Crippen LogP contribution in [0.15, 0.2) is 18.2 Å². The highest BCUT2D eigenvalue weighted by atomic mass is 16.4. The van der Waals surface area contributed by atoms with Gasteiger partial charge in [0.2, 0.25) is 0 Å². The average Bonchev–Trinajstić information content (AvgIpc) is 2.60. The van der Waals surface area contributed by atoms with Gasteiger partial charge >= 0.3 is 11.9 Å². The van der Waals surface area contributed by atoms with E-state index in [1.807, 2.05) is 0 Å². The molecular formula is C24H38O4. The van der Waals surface area contributed by atoms with E-state index in [4.69, 9.17) is 0 Å². The van der Waals surface area contributed by atoms with Crippen LogP contribution in [0.5, 0.6) is 0 Å². The van der Waals surface area contributed by atoms with Gasteiger partial charge in [-0.25, -0.2) is 0 Å². The first-order valence-corrected chi connectivity index (χ1v) is 10.5. The summed E-state index contributed by atoms with van der Waals surface area (Å²) in [7, 11) is 0. The molecule has 1 aromatic carbocycles. The Morgan fingerprint density at radius 2 is 1.14 bits per heavy atom. The summed E-state index contributed by atoms with van der Waals surface area (Å²) < 4.78 is 0. The second-order valence-electron chi connectivity index (χ2n) is 9.35. The maximum Gasteiger partial charge on any atom is 0.309 e. The van der Waals surface area contributed by atoms with Crippen LogP contribution < -0.4 is 0 Å². The Hall–Kier alpha value is -1.84. The zero-order valence-corrected chi connectivity index (χ0v) is 18.3. The van der Waals surface area contributed by atoms with Gasteiger partial charge in [0.05, 0.1) is 10.8 Å². The van der Waals surface area contributed by atoms with Crippen molar-refractivity contribution in [3.05, 3.63) is 34.9 Å². The largest absolute Gasteiger partial charge is 0.481 e. The lowest BCUT2D eigenvalue weighted by atomic mass is 9.86. The molecule has 158 valence electrons. The molecule has 0 aliphatic heterocycles. The Balaban J connectivity index is 2.43. The van der Waals surface area contributed by atoms with E-state index in [1.54, 1.807) is 27.7 Å². The standard InChI is InChI=1S/C24H38O4/c1-18-19(12-7-6-9-16-23(2,3)21(25)26)14-11-15-20(18)13-8-10-17-24(4,5)22(27)28/h11,14-15H,6-10,12-13,16-17H2,1-5H3,(H,25,26)(H,27,28). The molecule has 1 rings (SSSR count). The summed E-state index contributed by atoms with van der Waals surface area (Å²) in [4.78, 5) is 22.3. The molecule has 0 saturated carbocycles. The Kier molecular flexibility index (Phi) is 9.19. The summed E-state index contributed by atoms with van der Waals surface area (Å²) in [5.74, 6) is -1.44.